The maximum absolute atomic E-state index is 5.96. The fraction of sp³-hybridized carbons (Fsp3) is 0.667. The summed E-state index contributed by atoms with van der Waals surface area (Å²) in [5, 5.41) is 3.57. The molecule has 0 radical (unpaired) electrons. The number of aromatic nitrogens is 1. The lowest BCUT2D eigenvalue weighted by Crippen LogP contribution is -2.49. The Hall–Kier alpha value is -0.970. The van der Waals surface area contributed by atoms with Gasteiger partial charge in [-0.05, 0) is 44.0 Å². The number of hydrogen-bond acceptors (Lipinski definition) is 4. The molecule has 3 rings (SSSR count). The van der Waals surface area contributed by atoms with E-state index in [9.17, 15) is 0 Å². The molecule has 2 aliphatic heterocycles. The molecule has 3 heterocycles. The summed E-state index contributed by atoms with van der Waals surface area (Å²) in [6.07, 6.45) is 6.67. The van der Waals surface area contributed by atoms with Gasteiger partial charge in [0.2, 0.25) is 0 Å². The maximum Gasteiger partial charge on any atom is 0.0827 e. The molecule has 104 valence electrons. The van der Waals surface area contributed by atoms with Crippen molar-refractivity contribution in [2.24, 2.45) is 0 Å². The molecule has 2 fully saturated rings. The van der Waals surface area contributed by atoms with Crippen LogP contribution in [0.4, 0.5) is 0 Å². The van der Waals surface area contributed by atoms with Gasteiger partial charge in [0.05, 0.1) is 12.7 Å². The Morgan fingerprint density at radius 3 is 3.16 bits per heavy atom. The minimum Gasteiger partial charge on any atom is -0.374 e. The first-order chi connectivity index (χ1) is 9.33. The predicted molar refractivity (Wildman–Crippen MR) is 75.0 cm³/mol. The summed E-state index contributed by atoms with van der Waals surface area (Å²) in [5.74, 6) is 0. The van der Waals surface area contributed by atoms with E-state index in [-0.39, 0.29) is 0 Å². The summed E-state index contributed by atoms with van der Waals surface area (Å²) >= 11 is 0. The van der Waals surface area contributed by atoms with E-state index < -0.39 is 0 Å². The molecule has 0 saturated carbocycles. The molecule has 0 amide bonds. The van der Waals surface area contributed by atoms with Crippen molar-refractivity contribution >= 4 is 0 Å². The van der Waals surface area contributed by atoms with E-state index >= 15 is 0 Å². The number of morpholine rings is 1. The van der Waals surface area contributed by atoms with Gasteiger partial charge in [-0.15, -0.1) is 0 Å². The Balaban J connectivity index is 1.47. The first-order valence-corrected chi connectivity index (χ1v) is 7.32. The molecular weight excluding hydrogens is 238 g/mol. The van der Waals surface area contributed by atoms with Crippen molar-refractivity contribution in [3.05, 3.63) is 30.1 Å². The van der Waals surface area contributed by atoms with Crippen molar-refractivity contribution in [3.8, 4) is 0 Å². The number of nitrogens with one attached hydrogen (secondary N) is 1. The Morgan fingerprint density at radius 1 is 1.47 bits per heavy atom. The fourth-order valence-electron chi connectivity index (χ4n) is 3.09. The number of nitrogens with zero attached hydrogens (tertiary/aromatic N) is 2. The van der Waals surface area contributed by atoms with E-state index in [4.69, 9.17) is 4.74 Å². The summed E-state index contributed by atoms with van der Waals surface area (Å²) in [6.45, 7) is 6.37. The van der Waals surface area contributed by atoms with Crippen LogP contribution in [-0.2, 0) is 4.74 Å². The molecule has 0 spiro atoms. The lowest BCUT2D eigenvalue weighted by atomic mass is 10.1. The first kappa shape index (κ1) is 13.0. The van der Waals surface area contributed by atoms with Gasteiger partial charge < -0.3 is 10.1 Å². The van der Waals surface area contributed by atoms with Crippen LogP contribution in [0.5, 0.6) is 0 Å². The highest BCUT2D eigenvalue weighted by Crippen LogP contribution is 2.22. The quantitative estimate of drug-likeness (QED) is 0.893. The van der Waals surface area contributed by atoms with Crippen molar-refractivity contribution in [2.45, 2.75) is 38.0 Å². The van der Waals surface area contributed by atoms with Gasteiger partial charge in [-0.2, -0.15) is 0 Å². The number of hydrogen-bond donors (Lipinski definition) is 1. The van der Waals surface area contributed by atoms with Gasteiger partial charge in [-0.3, -0.25) is 9.88 Å². The summed E-state index contributed by atoms with van der Waals surface area (Å²) in [4.78, 5) is 6.65. The zero-order valence-corrected chi connectivity index (χ0v) is 11.6. The van der Waals surface area contributed by atoms with Crippen molar-refractivity contribution < 1.29 is 4.74 Å². The number of ether oxygens (including phenoxy) is 1. The Kier molecular flexibility index (Phi) is 4.11. The minimum atomic E-state index is 0.332. The van der Waals surface area contributed by atoms with E-state index in [0.29, 0.717) is 18.2 Å². The van der Waals surface area contributed by atoms with Crippen LogP contribution < -0.4 is 5.32 Å². The largest absolute Gasteiger partial charge is 0.374 e. The van der Waals surface area contributed by atoms with Crippen molar-refractivity contribution in [2.75, 3.05) is 26.2 Å². The van der Waals surface area contributed by atoms with Gasteiger partial charge in [0.25, 0.3) is 0 Å². The van der Waals surface area contributed by atoms with Crippen LogP contribution in [0, 0.1) is 0 Å². The van der Waals surface area contributed by atoms with Crippen molar-refractivity contribution in [1.29, 1.82) is 0 Å². The minimum absolute atomic E-state index is 0.332. The van der Waals surface area contributed by atoms with Gasteiger partial charge in [0.15, 0.2) is 0 Å². The molecule has 0 aliphatic carbocycles. The van der Waals surface area contributed by atoms with Gasteiger partial charge >= 0.3 is 0 Å². The number of rotatable bonds is 4. The van der Waals surface area contributed by atoms with E-state index in [1.165, 1.54) is 24.9 Å². The Labute approximate surface area is 115 Å². The molecule has 3 unspecified atom stereocenters. The predicted octanol–water partition coefficient (Wildman–Crippen LogP) is 1.60. The first-order valence-electron chi connectivity index (χ1n) is 7.32. The normalized spacial score (nSPS) is 29.1. The van der Waals surface area contributed by atoms with Crippen molar-refractivity contribution in [3.63, 3.8) is 0 Å². The third-order valence-electron chi connectivity index (χ3n) is 4.32. The summed E-state index contributed by atoms with van der Waals surface area (Å²) in [5.41, 5.74) is 1.28. The second kappa shape index (κ2) is 5.99. The topological polar surface area (TPSA) is 37.4 Å². The van der Waals surface area contributed by atoms with Gasteiger partial charge in [0.1, 0.15) is 0 Å². The molecule has 1 aromatic rings. The molecule has 2 aliphatic rings. The molecule has 1 aromatic heterocycles. The third-order valence-corrected chi connectivity index (χ3v) is 4.32. The van der Waals surface area contributed by atoms with Gasteiger partial charge in [-0.25, -0.2) is 0 Å². The molecular formula is C15H23N3O. The standard InChI is InChI=1S/C15H23N3O/c1-12(13-4-6-16-7-5-13)17-9-15-10-18-8-2-3-14(18)11-19-15/h4-7,12,14-15,17H,2-3,8-11H2,1H3. The lowest BCUT2D eigenvalue weighted by molar-refractivity contribution is -0.0477. The molecule has 4 heteroatoms. The Bertz CT molecular complexity index is 398. The highest BCUT2D eigenvalue weighted by atomic mass is 16.5. The van der Waals surface area contributed by atoms with Crippen LogP contribution in [0.25, 0.3) is 0 Å². The summed E-state index contributed by atoms with van der Waals surface area (Å²) in [6, 6.07) is 5.17. The third kappa shape index (κ3) is 3.14. The van der Waals surface area contributed by atoms with E-state index in [0.717, 1.165) is 19.7 Å². The van der Waals surface area contributed by atoms with Crippen LogP contribution >= 0.6 is 0 Å². The van der Waals surface area contributed by atoms with Crippen molar-refractivity contribution in [1.82, 2.24) is 15.2 Å². The average molecular weight is 261 g/mol. The summed E-state index contributed by atoms with van der Waals surface area (Å²) in [7, 11) is 0. The second-order valence-corrected chi connectivity index (χ2v) is 5.66. The maximum atomic E-state index is 5.96. The van der Waals surface area contributed by atoms with E-state index in [1.807, 2.05) is 12.4 Å². The molecule has 0 bridgehead atoms. The molecule has 2 saturated heterocycles. The van der Waals surface area contributed by atoms with Crippen LogP contribution in [0.15, 0.2) is 24.5 Å². The average Bonchev–Trinajstić information content (AvgIpc) is 2.93. The van der Waals surface area contributed by atoms with E-state index in [2.05, 4.69) is 34.3 Å². The molecule has 0 aromatic carbocycles. The number of pyridine rings is 1. The van der Waals surface area contributed by atoms with Crippen LogP contribution in [-0.4, -0.2) is 48.3 Å². The fourth-order valence-corrected chi connectivity index (χ4v) is 3.09. The SMILES string of the molecule is CC(NCC1CN2CCCC2CO1)c1ccncc1. The molecule has 19 heavy (non-hydrogen) atoms. The monoisotopic (exact) mass is 261 g/mol. The number of fused-ring (bicyclic) bond motifs is 1. The zero-order chi connectivity index (χ0) is 13.1. The highest BCUT2D eigenvalue weighted by Gasteiger charge is 2.32. The molecule has 3 atom stereocenters. The van der Waals surface area contributed by atoms with E-state index in [1.54, 1.807) is 0 Å². The summed E-state index contributed by atoms with van der Waals surface area (Å²) < 4.78 is 5.96. The van der Waals surface area contributed by atoms with Crippen LogP contribution in [0.2, 0.25) is 0 Å². The lowest BCUT2D eigenvalue weighted by Gasteiger charge is -2.35. The zero-order valence-electron chi connectivity index (χ0n) is 11.6. The second-order valence-electron chi connectivity index (χ2n) is 5.66. The highest BCUT2D eigenvalue weighted by molar-refractivity contribution is 5.13. The molecule has 4 nitrogen and oxygen atoms in total. The Morgan fingerprint density at radius 2 is 2.32 bits per heavy atom. The van der Waals surface area contributed by atoms with Gasteiger partial charge in [-0.1, -0.05) is 0 Å². The molecule has 1 N–H and O–H groups in total. The smallest absolute Gasteiger partial charge is 0.0827 e. The van der Waals surface area contributed by atoms with Gasteiger partial charge in [0, 0.05) is 37.6 Å². The van der Waals surface area contributed by atoms with Crippen LogP contribution in [0.1, 0.15) is 31.4 Å². The van der Waals surface area contributed by atoms with Crippen LogP contribution in [0.3, 0.4) is 0 Å².